The maximum absolute atomic E-state index is 8.87. The highest BCUT2D eigenvalue weighted by molar-refractivity contribution is 6.02. The Balaban J connectivity index is 5.40. The highest BCUT2D eigenvalue weighted by Crippen LogP contribution is 2.09. The third-order valence-corrected chi connectivity index (χ3v) is 1.44. The molecule has 0 aromatic rings. The Labute approximate surface area is 89.9 Å². The van der Waals surface area contributed by atoms with Gasteiger partial charge in [-0.05, 0) is 20.8 Å². The fourth-order valence-corrected chi connectivity index (χ4v) is 0.895. The smallest absolute Gasteiger partial charge is 0.139 e. The van der Waals surface area contributed by atoms with Gasteiger partial charge in [-0.15, -0.1) is 0 Å². The van der Waals surface area contributed by atoms with Gasteiger partial charge in [-0.1, -0.05) is 0 Å². The first kappa shape index (κ1) is 13.0. The van der Waals surface area contributed by atoms with Gasteiger partial charge in [0.1, 0.15) is 29.2 Å². The molecule has 0 unspecified atom stereocenters. The zero-order valence-electron chi connectivity index (χ0n) is 9.42. The molecule has 0 bridgehead atoms. The second kappa shape index (κ2) is 5.02. The number of hydrogen-bond acceptors (Lipinski definition) is 4. The lowest BCUT2D eigenvalue weighted by atomic mass is 10.1. The number of hydrogen-bond donors (Lipinski definition) is 2. The van der Waals surface area contributed by atoms with Gasteiger partial charge in [0.15, 0.2) is 0 Å². The van der Waals surface area contributed by atoms with Crippen molar-refractivity contribution in [2.45, 2.75) is 26.3 Å². The minimum Gasteiger partial charge on any atom is -0.383 e. The van der Waals surface area contributed by atoms with Crippen molar-refractivity contribution in [1.82, 2.24) is 5.32 Å². The van der Waals surface area contributed by atoms with Crippen LogP contribution in [0.3, 0.4) is 0 Å². The van der Waals surface area contributed by atoms with Crippen LogP contribution in [-0.2, 0) is 0 Å². The summed E-state index contributed by atoms with van der Waals surface area (Å²) >= 11 is 0. The Morgan fingerprint density at radius 1 is 1.27 bits per heavy atom. The van der Waals surface area contributed by atoms with E-state index >= 15 is 0 Å². The van der Waals surface area contributed by atoms with Crippen LogP contribution in [0.15, 0.2) is 16.3 Å². The predicted octanol–water partition coefficient (Wildman–Crippen LogP) is 0.663. The molecule has 0 aliphatic heterocycles. The summed E-state index contributed by atoms with van der Waals surface area (Å²) in [4.78, 5) is 4.12. The van der Waals surface area contributed by atoms with E-state index in [1.807, 2.05) is 32.9 Å². The lowest BCUT2D eigenvalue weighted by molar-refractivity contribution is 0.583. The largest absolute Gasteiger partial charge is 0.383 e. The molecule has 15 heavy (non-hydrogen) atoms. The average molecular weight is 205 g/mol. The first-order valence-electron chi connectivity index (χ1n) is 4.43. The molecule has 0 aromatic heterocycles. The Morgan fingerprint density at radius 2 is 1.80 bits per heavy atom. The van der Waals surface area contributed by atoms with Crippen molar-refractivity contribution in [2.75, 3.05) is 7.05 Å². The molecule has 0 saturated heterocycles. The quantitative estimate of drug-likeness (QED) is 0.393. The maximum atomic E-state index is 8.87. The summed E-state index contributed by atoms with van der Waals surface area (Å²) in [6.07, 6.45) is 0. The van der Waals surface area contributed by atoms with Gasteiger partial charge in [0, 0.05) is 7.05 Å². The molecule has 3 N–H and O–H groups in total. The van der Waals surface area contributed by atoms with Gasteiger partial charge in [0.25, 0.3) is 0 Å². The first-order valence-corrected chi connectivity index (χ1v) is 4.43. The first-order chi connectivity index (χ1) is 6.85. The molecule has 0 aromatic carbocycles. The Bertz CT molecular complexity index is 370. The van der Waals surface area contributed by atoms with Crippen LogP contribution in [0.25, 0.3) is 0 Å². The second-order valence-electron chi connectivity index (χ2n) is 3.89. The standard InChI is InChI=1S/C10H15N5/c1-10(2,3)15-9(13)7(5-11)8(6-12)14-4/h14H,1-4H3,(H2,13,15). The number of nitriles is 2. The van der Waals surface area contributed by atoms with Crippen LogP contribution in [0.4, 0.5) is 0 Å². The molecule has 0 aliphatic carbocycles. The summed E-state index contributed by atoms with van der Waals surface area (Å²) in [5.41, 5.74) is 5.48. The molecule has 0 rings (SSSR count). The third kappa shape index (κ3) is 4.15. The zero-order valence-corrected chi connectivity index (χ0v) is 9.42. The molecule has 0 fully saturated rings. The molecule has 0 amide bonds. The van der Waals surface area contributed by atoms with Crippen molar-refractivity contribution >= 4 is 5.84 Å². The van der Waals surface area contributed by atoms with E-state index in [0.717, 1.165) is 0 Å². The molecule has 80 valence electrons. The van der Waals surface area contributed by atoms with Gasteiger partial charge in [-0.2, -0.15) is 10.5 Å². The molecule has 5 heteroatoms. The average Bonchev–Trinajstić information content (AvgIpc) is 2.10. The number of amidine groups is 1. The van der Waals surface area contributed by atoms with E-state index in [-0.39, 0.29) is 22.6 Å². The summed E-state index contributed by atoms with van der Waals surface area (Å²) in [5.74, 6) is 0.0795. The monoisotopic (exact) mass is 205 g/mol. The summed E-state index contributed by atoms with van der Waals surface area (Å²) in [6.45, 7) is 5.58. The van der Waals surface area contributed by atoms with Gasteiger partial charge in [-0.3, -0.25) is 4.99 Å². The van der Waals surface area contributed by atoms with E-state index in [2.05, 4.69) is 10.3 Å². The lowest BCUT2D eigenvalue weighted by Gasteiger charge is -2.13. The molecule has 0 aliphatic rings. The van der Waals surface area contributed by atoms with Crippen molar-refractivity contribution in [3.63, 3.8) is 0 Å². The Kier molecular flexibility index (Phi) is 4.34. The molecule has 0 saturated carbocycles. The van der Waals surface area contributed by atoms with E-state index in [9.17, 15) is 0 Å². The van der Waals surface area contributed by atoms with Crippen LogP contribution in [0.1, 0.15) is 20.8 Å². The van der Waals surface area contributed by atoms with Crippen molar-refractivity contribution < 1.29 is 0 Å². The van der Waals surface area contributed by atoms with Gasteiger partial charge >= 0.3 is 0 Å². The summed E-state index contributed by atoms with van der Waals surface area (Å²) in [7, 11) is 1.56. The van der Waals surface area contributed by atoms with Crippen LogP contribution in [-0.4, -0.2) is 18.4 Å². The van der Waals surface area contributed by atoms with E-state index in [0.29, 0.717) is 0 Å². The van der Waals surface area contributed by atoms with Crippen LogP contribution in [0.5, 0.6) is 0 Å². The molecule has 0 spiro atoms. The fraction of sp³-hybridized carbons (Fsp3) is 0.500. The number of nitrogens with zero attached hydrogens (tertiary/aromatic N) is 3. The number of aliphatic imine (C=N–C) groups is 1. The number of nitrogens with two attached hydrogens (primary N) is 1. The fourth-order valence-electron chi connectivity index (χ4n) is 0.895. The van der Waals surface area contributed by atoms with Crippen LogP contribution in [0, 0.1) is 22.7 Å². The molecule has 5 nitrogen and oxygen atoms in total. The van der Waals surface area contributed by atoms with E-state index in [1.54, 1.807) is 7.05 Å². The maximum Gasteiger partial charge on any atom is 0.139 e. The molecule has 0 atom stereocenters. The third-order valence-electron chi connectivity index (χ3n) is 1.44. The molecular formula is C10H15N5. The topological polar surface area (TPSA) is 98.0 Å². The Hall–Kier alpha value is -2.01. The minimum atomic E-state index is -0.375. The number of nitrogens with one attached hydrogen (secondary N) is 1. The van der Waals surface area contributed by atoms with Crippen molar-refractivity contribution in [3.8, 4) is 12.1 Å². The number of rotatable bonds is 2. The van der Waals surface area contributed by atoms with Gasteiger partial charge in [0.05, 0.1) is 5.54 Å². The zero-order chi connectivity index (χ0) is 12.1. The highest BCUT2D eigenvalue weighted by atomic mass is 14.9. The summed E-state index contributed by atoms with van der Waals surface area (Å²) in [6, 6.07) is 3.72. The number of allylic oxidation sites excluding steroid dienone is 1. The normalized spacial score (nSPS) is 13.6. The Morgan fingerprint density at radius 3 is 2.07 bits per heavy atom. The summed E-state index contributed by atoms with van der Waals surface area (Å²) in [5, 5.41) is 20.2. The van der Waals surface area contributed by atoms with Gasteiger partial charge in [0.2, 0.25) is 0 Å². The van der Waals surface area contributed by atoms with E-state index in [1.165, 1.54) is 0 Å². The van der Waals surface area contributed by atoms with Crippen LogP contribution in [0.2, 0.25) is 0 Å². The minimum absolute atomic E-state index is 0.0786. The molecular weight excluding hydrogens is 190 g/mol. The highest BCUT2D eigenvalue weighted by Gasteiger charge is 2.14. The predicted molar refractivity (Wildman–Crippen MR) is 58.7 cm³/mol. The van der Waals surface area contributed by atoms with Gasteiger partial charge < -0.3 is 11.1 Å². The van der Waals surface area contributed by atoms with Crippen molar-refractivity contribution in [3.05, 3.63) is 11.3 Å². The summed E-state index contributed by atoms with van der Waals surface area (Å²) < 4.78 is 0. The lowest BCUT2D eigenvalue weighted by Crippen LogP contribution is -2.24. The van der Waals surface area contributed by atoms with Crippen molar-refractivity contribution in [1.29, 1.82) is 10.5 Å². The second-order valence-corrected chi connectivity index (χ2v) is 3.89. The van der Waals surface area contributed by atoms with E-state index in [4.69, 9.17) is 16.3 Å². The van der Waals surface area contributed by atoms with Gasteiger partial charge in [-0.25, -0.2) is 0 Å². The SMILES string of the molecule is CNC(C#N)=C(C#N)C(N)=NC(C)(C)C. The molecule has 0 heterocycles. The molecule has 0 radical (unpaired) electrons. The van der Waals surface area contributed by atoms with Crippen molar-refractivity contribution in [2.24, 2.45) is 10.7 Å². The van der Waals surface area contributed by atoms with Crippen LogP contribution < -0.4 is 11.1 Å². The van der Waals surface area contributed by atoms with E-state index < -0.39 is 0 Å². The van der Waals surface area contributed by atoms with Crippen LogP contribution >= 0.6 is 0 Å².